The van der Waals surface area contributed by atoms with Gasteiger partial charge in [-0.3, -0.25) is 0 Å². The van der Waals surface area contributed by atoms with Crippen LogP contribution in [-0.2, 0) is 5.41 Å². The van der Waals surface area contributed by atoms with Gasteiger partial charge in [0.1, 0.15) is 0 Å². The van der Waals surface area contributed by atoms with Gasteiger partial charge in [0.15, 0.2) is 0 Å². The summed E-state index contributed by atoms with van der Waals surface area (Å²) in [7, 11) is 0. The number of rotatable bonds is 3. The van der Waals surface area contributed by atoms with Crippen LogP contribution in [0.15, 0.2) is 29.6 Å². The molecular formula is C17H15Br3S3. The summed E-state index contributed by atoms with van der Waals surface area (Å²) >= 11 is 16.8. The van der Waals surface area contributed by atoms with Crippen LogP contribution in [0.25, 0.3) is 0 Å². The van der Waals surface area contributed by atoms with E-state index < -0.39 is 0 Å². The number of thiophene rings is 3. The molecule has 3 rings (SSSR count). The molecule has 3 heterocycles. The molecule has 0 saturated carbocycles. The Morgan fingerprint density at radius 3 is 1.09 bits per heavy atom. The lowest BCUT2D eigenvalue weighted by Crippen LogP contribution is -2.25. The number of aryl methyl sites for hydroxylation is 3. The summed E-state index contributed by atoms with van der Waals surface area (Å²) in [5.41, 5.74) is 3.79. The van der Waals surface area contributed by atoms with Crippen LogP contribution < -0.4 is 0 Å². The molecule has 0 bridgehead atoms. The Morgan fingerprint density at radius 1 is 0.652 bits per heavy atom. The predicted molar refractivity (Wildman–Crippen MR) is 116 cm³/mol. The van der Waals surface area contributed by atoms with Gasteiger partial charge in [0.25, 0.3) is 0 Å². The van der Waals surface area contributed by atoms with Gasteiger partial charge in [-0.2, -0.15) is 0 Å². The molecule has 0 N–H and O–H groups in total. The number of hydrogen-bond acceptors (Lipinski definition) is 3. The molecule has 0 saturated heterocycles. The zero-order valence-corrected chi connectivity index (χ0v) is 20.3. The third kappa shape index (κ3) is 3.20. The van der Waals surface area contributed by atoms with Crippen molar-refractivity contribution >= 4 is 81.8 Å². The predicted octanol–water partition coefficient (Wildman–Crippen LogP) is 8.44. The minimum absolute atomic E-state index is 0.198. The third-order valence-electron chi connectivity index (χ3n) is 4.05. The van der Waals surface area contributed by atoms with E-state index in [9.17, 15) is 0 Å². The van der Waals surface area contributed by atoms with E-state index in [0.29, 0.717) is 0 Å². The summed E-state index contributed by atoms with van der Waals surface area (Å²) in [4.78, 5) is 3.97. The highest BCUT2D eigenvalue weighted by Crippen LogP contribution is 2.52. The Bertz CT molecular complexity index is 757. The zero-order valence-electron chi connectivity index (χ0n) is 13.1. The SMILES string of the molecule is Cc1cc(C(C)(c2cc(C)sc2Br)c2cc(C)sc2Br)c(Br)s1. The molecule has 0 aliphatic carbocycles. The molecule has 0 spiro atoms. The minimum Gasteiger partial charge on any atom is -0.133 e. The molecule has 122 valence electrons. The van der Waals surface area contributed by atoms with Crippen molar-refractivity contribution in [2.45, 2.75) is 33.1 Å². The van der Waals surface area contributed by atoms with Crippen LogP contribution in [0, 0.1) is 20.8 Å². The summed E-state index contributed by atoms with van der Waals surface area (Å²) in [6.07, 6.45) is 0. The lowest BCUT2D eigenvalue weighted by atomic mass is 9.74. The molecule has 0 radical (unpaired) electrons. The van der Waals surface area contributed by atoms with Gasteiger partial charge >= 0.3 is 0 Å². The highest BCUT2D eigenvalue weighted by molar-refractivity contribution is 9.11. The van der Waals surface area contributed by atoms with Gasteiger partial charge in [-0.25, -0.2) is 0 Å². The highest BCUT2D eigenvalue weighted by atomic mass is 79.9. The Labute approximate surface area is 174 Å². The van der Waals surface area contributed by atoms with E-state index in [-0.39, 0.29) is 5.41 Å². The Morgan fingerprint density at radius 2 is 0.913 bits per heavy atom. The second-order valence-electron chi connectivity index (χ2n) is 5.76. The van der Waals surface area contributed by atoms with Gasteiger partial charge in [-0.1, -0.05) is 0 Å². The van der Waals surface area contributed by atoms with Gasteiger partial charge < -0.3 is 0 Å². The molecule has 0 fully saturated rings. The molecule has 0 aliphatic heterocycles. The fourth-order valence-corrected chi connectivity index (χ4v) is 9.24. The number of hydrogen-bond donors (Lipinski definition) is 0. The van der Waals surface area contributed by atoms with Gasteiger partial charge in [-0.15, -0.1) is 34.0 Å². The first kappa shape index (κ1) is 18.3. The maximum Gasteiger partial charge on any atom is 0.0745 e. The topological polar surface area (TPSA) is 0 Å². The lowest BCUT2D eigenvalue weighted by Gasteiger charge is -2.30. The minimum atomic E-state index is -0.198. The molecule has 3 aromatic rings. The third-order valence-corrected chi connectivity index (χ3v) is 9.30. The van der Waals surface area contributed by atoms with Crippen molar-refractivity contribution in [2.24, 2.45) is 0 Å². The van der Waals surface area contributed by atoms with Crippen LogP contribution in [0.1, 0.15) is 38.2 Å². The summed E-state index contributed by atoms with van der Waals surface area (Å²) in [6.45, 7) is 8.83. The van der Waals surface area contributed by atoms with Crippen molar-refractivity contribution in [3.05, 3.63) is 60.9 Å². The molecule has 3 aromatic heterocycles. The van der Waals surface area contributed by atoms with Crippen molar-refractivity contribution in [3.63, 3.8) is 0 Å². The molecular weight excluding hydrogens is 540 g/mol. The molecule has 0 amide bonds. The first-order valence-corrected chi connectivity index (χ1v) is 11.9. The first-order valence-electron chi connectivity index (χ1n) is 7.02. The van der Waals surface area contributed by atoms with Crippen LogP contribution in [0.3, 0.4) is 0 Å². The summed E-state index contributed by atoms with van der Waals surface area (Å²) < 4.78 is 3.64. The summed E-state index contributed by atoms with van der Waals surface area (Å²) in [6, 6.07) is 6.94. The molecule has 0 unspecified atom stereocenters. The van der Waals surface area contributed by atoms with Crippen molar-refractivity contribution in [3.8, 4) is 0 Å². The van der Waals surface area contributed by atoms with Crippen molar-refractivity contribution in [1.29, 1.82) is 0 Å². The Kier molecular flexibility index (Phi) is 5.33. The average Bonchev–Trinajstić information content (AvgIpc) is 3.07. The van der Waals surface area contributed by atoms with Crippen LogP contribution in [0.5, 0.6) is 0 Å². The van der Waals surface area contributed by atoms with Crippen LogP contribution in [-0.4, -0.2) is 0 Å². The monoisotopic (exact) mass is 552 g/mol. The van der Waals surface area contributed by atoms with Gasteiger partial charge in [0.2, 0.25) is 0 Å². The summed E-state index contributed by atoms with van der Waals surface area (Å²) in [5, 5.41) is 0. The van der Waals surface area contributed by atoms with Crippen LogP contribution in [0.2, 0.25) is 0 Å². The lowest BCUT2D eigenvalue weighted by molar-refractivity contribution is 0.692. The van der Waals surface area contributed by atoms with Crippen molar-refractivity contribution in [1.82, 2.24) is 0 Å². The van der Waals surface area contributed by atoms with E-state index in [1.807, 2.05) is 0 Å². The van der Waals surface area contributed by atoms with Gasteiger partial charge in [0, 0.05) is 20.0 Å². The summed E-state index contributed by atoms with van der Waals surface area (Å²) in [5.74, 6) is 0. The largest absolute Gasteiger partial charge is 0.133 e. The molecule has 0 aromatic carbocycles. The zero-order chi connectivity index (χ0) is 16.9. The highest BCUT2D eigenvalue weighted by Gasteiger charge is 2.38. The van der Waals surface area contributed by atoms with E-state index in [1.165, 1.54) is 42.7 Å². The van der Waals surface area contributed by atoms with Gasteiger partial charge in [0.05, 0.1) is 11.4 Å². The quantitative estimate of drug-likeness (QED) is 0.305. The van der Waals surface area contributed by atoms with Crippen molar-refractivity contribution < 1.29 is 0 Å². The van der Waals surface area contributed by atoms with Gasteiger partial charge in [-0.05, 0) is 110 Å². The normalized spacial score (nSPS) is 12.1. The van der Waals surface area contributed by atoms with E-state index in [1.54, 1.807) is 34.0 Å². The molecule has 23 heavy (non-hydrogen) atoms. The van der Waals surface area contributed by atoms with E-state index in [0.717, 1.165) is 0 Å². The fourth-order valence-electron chi connectivity index (χ4n) is 2.92. The fraction of sp³-hybridized carbons (Fsp3) is 0.294. The molecule has 0 nitrogen and oxygen atoms in total. The maximum atomic E-state index is 3.80. The van der Waals surface area contributed by atoms with E-state index in [2.05, 4.69) is 93.7 Å². The van der Waals surface area contributed by atoms with Crippen LogP contribution >= 0.6 is 81.8 Å². The Balaban J connectivity index is 2.36. The van der Waals surface area contributed by atoms with Crippen LogP contribution in [0.4, 0.5) is 0 Å². The smallest absolute Gasteiger partial charge is 0.0745 e. The second-order valence-corrected chi connectivity index (χ2v) is 13.5. The second kappa shape index (κ2) is 6.69. The molecule has 6 heteroatoms. The van der Waals surface area contributed by atoms with Crippen molar-refractivity contribution in [2.75, 3.05) is 0 Å². The average molecular weight is 555 g/mol. The maximum absolute atomic E-state index is 3.80. The van der Waals surface area contributed by atoms with E-state index >= 15 is 0 Å². The number of halogens is 3. The first-order chi connectivity index (χ1) is 10.7. The molecule has 0 aliphatic rings. The molecule has 0 atom stereocenters. The Hall–Kier alpha value is 0.540. The van der Waals surface area contributed by atoms with E-state index in [4.69, 9.17) is 0 Å². The standard InChI is InChI=1S/C17H15Br3S3/c1-8-5-11(14(18)21-8)17(4,12-6-9(2)22-15(12)19)13-7-10(3)23-16(13)20/h5-7H,1-4H3.